The van der Waals surface area contributed by atoms with E-state index in [4.69, 9.17) is 31.9 Å². The van der Waals surface area contributed by atoms with Gasteiger partial charge in [0.2, 0.25) is 0 Å². The second-order valence-electron chi connectivity index (χ2n) is 2.62. The van der Waals surface area contributed by atoms with Gasteiger partial charge in [-0.05, 0) is 0 Å². The van der Waals surface area contributed by atoms with Crippen LogP contribution in [0, 0.1) is 0 Å². The summed E-state index contributed by atoms with van der Waals surface area (Å²) < 4.78 is 0. The van der Waals surface area contributed by atoms with Crippen molar-refractivity contribution < 1.29 is 20.4 Å². The number of aliphatic hydroxyl groups is 4. The van der Waals surface area contributed by atoms with Crippen LogP contribution in [0.2, 0.25) is 0 Å². The van der Waals surface area contributed by atoms with Gasteiger partial charge in [0.1, 0.15) is 0 Å². The van der Waals surface area contributed by atoms with Crippen molar-refractivity contribution in [2.45, 2.75) is 24.4 Å². The van der Waals surface area contributed by atoms with E-state index in [9.17, 15) is 0 Å². The number of hydrogen-bond acceptors (Lipinski definition) is 6. The van der Waals surface area contributed by atoms with Crippen LogP contribution in [-0.2, 0) is 0 Å². The normalized spacial score (nSPS) is 21.5. The van der Waals surface area contributed by atoms with Gasteiger partial charge < -0.3 is 31.9 Å². The molecule has 0 radical (unpaired) electrons. The predicted octanol–water partition coefficient (Wildman–Crippen LogP) is -3.65. The molecule has 0 spiro atoms. The molecule has 0 aliphatic heterocycles. The van der Waals surface area contributed by atoms with Crippen molar-refractivity contribution in [3.63, 3.8) is 0 Å². The third-order valence-corrected chi connectivity index (χ3v) is 1.66. The molecule has 0 heterocycles. The van der Waals surface area contributed by atoms with E-state index in [1.54, 1.807) is 0 Å². The van der Waals surface area contributed by atoms with Crippen LogP contribution in [0.5, 0.6) is 0 Å². The van der Waals surface area contributed by atoms with E-state index < -0.39 is 31.0 Å². The molecule has 0 rings (SSSR count). The molecule has 8 N–H and O–H groups in total. The molecule has 6 heteroatoms. The maximum absolute atomic E-state index is 9.16. The molecule has 74 valence electrons. The molecule has 0 saturated heterocycles. The number of rotatable bonds is 5. The van der Waals surface area contributed by atoms with Gasteiger partial charge in [-0.1, -0.05) is 0 Å². The van der Waals surface area contributed by atoms with Crippen molar-refractivity contribution in [1.82, 2.24) is 0 Å². The Bertz CT molecular complexity index is 110. The third kappa shape index (κ3) is 3.02. The minimum Gasteiger partial charge on any atom is -0.394 e. The smallest absolute Gasteiger partial charge is 0.0988 e. The summed E-state index contributed by atoms with van der Waals surface area (Å²) in [5.41, 5.74) is 10.3. The first-order valence-corrected chi connectivity index (χ1v) is 3.65. The van der Waals surface area contributed by atoms with Gasteiger partial charge in [0.15, 0.2) is 0 Å². The summed E-state index contributed by atoms with van der Waals surface area (Å²) in [6.45, 7) is -0.706. The summed E-state index contributed by atoms with van der Waals surface area (Å²) >= 11 is 0. The molecule has 0 aliphatic rings. The van der Waals surface area contributed by atoms with Crippen molar-refractivity contribution in [2.75, 3.05) is 13.2 Å². The van der Waals surface area contributed by atoms with Gasteiger partial charge >= 0.3 is 0 Å². The van der Waals surface area contributed by atoms with Crippen LogP contribution in [-0.4, -0.2) is 57.9 Å². The molecule has 12 heavy (non-hydrogen) atoms. The SMILES string of the molecule is NCC(O)C(O)C(N)C(O)CO. The van der Waals surface area contributed by atoms with E-state index in [1.165, 1.54) is 0 Å². The fraction of sp³-hybridized carbons (Fsp3) is 1.00. The van der Waals surface area contributed by atoms with Gasteiger partial charge in [-0.3, -0.25) is 0 Å². The van der Waals surface area contributed by atoms with Crippen molar-refractivity contribution in [3.05, 3.63) is 0 Å². The predicted molar refractivity (Wildman–Crippen MR) is 42.1 cm³/mol. The first kappa shape index (κ1) is 11.8. The second-order valence-corrected chi connectivity index (χ2v) is 2.62. The van der Waals surface area contributed by atoms with Crippen molar-refractivity contribution in [3.8, 4) is 0 Å². The molecule has 4 unspecified atom stereocenters. The summed E-state index contributed by atoms with van der Waals surface area (Å²) in [4.78, 5) is 0. The molecular weight excluding hydrogens is 164 g/mol. The lowest BCUT2D eigenvalue weighted by molar-refractivity contribution is -0.0354. The molecule has 6 nitrogen and oxygen atoms in total. The average molecular weight is 180 g/mol. The van der Waals surface area contributed by atoms with Crippen molar-refractivity contribution >= 4 is 0 Å². The van der Waals surface area contributed by atoms with E-state index in [1.807, 2.05) is 0 Å². The van der Waals surface area contributed by atoms with Crippen molar-refractivity contribution in [1.29, 1.82) is 0 Å². The van der Waals surface area contributed by atoms with Gasteiger partial charge in [0.25, 0.3) is 0 Å². The van der Waals surface area contributed by atoms with Crippen LogP contribution in [0.25, 0.3) is 0 Å². The summed E-state index contributed by atoms with van der Waals surface area (Å²) in [6, 6.07) is -1.09. The quantitative estimate of drug-likeness (QED) is 0.258. The number of nitrogens with two attached hydrogens (primary N) is 2. The third-order valence-electron chi connectivity index (χ3n) is 1.66. The van der Waals surface area contributed by atoms with E-state index in [-0.39, 0.29) is 6.54 Å². The van der Waals surface area contributed by atoms with Crippen LogP contribution < -0.4 is 11.5 Å². The highest BCUT2D eigenvalue weighted by Crippen LogP contribution is 2.01. The Hall–Kier alpha value is -0.240. The highest BCUT2D eigenvalue weighted by atomic mass is 16.3. The van der Waals surface area contributed by atoms with Gasteiger partial charge in [-0.25, -0.2) is 0 Å². The molecule has 0 aliphatic carbocycles. The Morgan fingerprint density at radius 1 is 1.08 bits per heavy atom. The maximum Gasteiger partial charge on any atom is 0.0988 e. The van der Waals surface area contributed by atoms with Gasteiger partial charge in [-0.15, -0.1) is 0 Å². The Labute approximate surface area is 70.4 Å². The van der Waals surface area contributed by atoms with E-state index >= 15 is 0 Å². The lowest BCUT2D eigenvalue weighted by Crippen LogP contribution is -2.53. The highest BCUT2D eigenvalue weighted by molar-refractivity contribution is 4.84. The lowest BCUT2D eigenvalue weighted by atomic mass is 10.0. The van der Waals surface area contributed by atoms with Crippen LogP contribution in [0.4, 0.5) is 0 Å². The van der Waals surface area contributed by atoms with Gasteiger partial charge in [-0.2, -0.15) is 0 Å². The second kappa shape index (κ2) is 5.41. The molecule has 0 aromatic carbocycles. The maximum atomic E-state index is 9.16. The molecule has 0 aromatic heterocycles. The zero-order valence-electron chi connectivity index (χ0n) is 6.67. The molecule has 0 aromatic rings. The standard InChI is InChI=1S/C6H16N2O4/c7-1-3(10)6(12)5(8)4(11)2-9/h3-6,9-12H,1-2,7-8H2. The zero-order chi connectivity index (χ0) is 9.72. The van der Waals surface area contributed by atoms with E-state index in [0.717, 1.165) is 0 Å². The zero-order valence-corrected chi connectivity index (χ0v) is 6.67. The Morgan fingerprint density at radius 2 is 1.58 bits per heavy atom. The average Bonchev–Trinajstić information content (AvgIpc) is 2.12. The fourth-order valence-electron chi connectivity index (χ4n) is 0.745. The summed E-state index contributed by atoms with van der Waals surface area (Å²) in [7, 11) is 0. The number of hydrogen-bond donors (Lipinski definition) is 6. The Kier molecular flexibility index (Phi) is 5.31. The first-order chi connectivity index (χ1) is 5.54. The first-order valence-electron chi connectivity index (χ1n) is 3.65. The monoisotopic (exact) mass is 180 g/mol. The molecule has 0 bridgehead atoms. The van der Waals surface area contributed by atoms with E-state index in [0.29, 0.717) is 0 Å². The number of aliphatic hydroxyl groups excluding tert-OH is 4. The Morgan fingerprint density at radius 3 is 1.92 bits per heavy atom. The van der Waals surface area contributed by atoms with Crippen LogP contribution in [0.1, 0.15) is 0 Å². The topological polar surface area (TPSA) is 133 Å². The van der Waals surface area contributed by atoms with Crippen LogP contribution in [0.15, 0.2) is 0 Å². The Balaban J connectivity index is 3.99. The van der Waals surface area contributed by atoms with Crippen molar-refractivity contribution in [2.24, 2.45) is 11.5 Å². The summed E-state index contributed by atoms with van der Waals surface area (Å²) in [5.74, 6) is 0. The largest absolute Gasteiger partial charge is 0.394 e. The van der Waals surface area contributed by atoms with Crippen LogP contribution in [0.3, 0.4) is 0 Å². The minimum atomic E-state index is -1.32. The van der Waals surface area contributed by atoms with Gasteiger partial charge in [0, 0.05) is 6.54 Å². The molecular formula is C6H16N2O4. The molecule has 0 fully saturated rings. The van der Waals surface area contributed by atoms with Gasteiger partial charge in [0.05, 0.1) is 31.0 Å². The van der Waals surface area contributed by atoms with Crippen LogP contribution >= 0.6 is 0 Å². The fourth-order valence-corrected chi connectivity index (χ4v) is 0.745. The summed E-state index contributed by atoms with van der Waals surface area (Å²) in [5, 5.41) is 35.6. The molecule has 0 saturated carbocycles. The summed E-state index contributed by atoms with van der Waals surface area (Å²) in [6.07, 6.45) is -3.75. The lowest BCUT2D eigenvalue weighted by Gasteiger charge is -2.25. The molecule has 0 amide bonds. The van der Waals surface area contributed by atoms with E-state index in [2.05, 4.69) is 0 Å². The minimum absolute atomic E-state index is 0.146. The highest BCUT2D eigenvalue weighted by Gasteiger charge is 2.27. The molecule has 4 atom stereocenters.